The second-order valence-corrected chi connectivity index (χ2v) is 21.6. The predicted octanol–water partition coefficient (Wildman–Crippen LogP) is 7.21. The molecule has 5 rings (SSSR count). The Balaban J connectivity index is 1.54. The number of carbonyl (C=O) groups excluding carboxylic acids is 2. The monoisotopic (exact) mass is 672 g/mol. The SMILES string of the molecule is CC[C@H]1O[C@]2(CC[C@@H]1C)C[C@@H]1C[C@@H](CC(=O)C(C)C[C@@H](C)/C=C/C=C3\CO[C@@H]4[C@H](O[Si](C)(C)C(C)(C)C)C(C)=C[C@@H](C(=O)O1)[C@]34O)O2. The number of ether oxygens (including phenoxy) is 4. The third-order valence-corrected chi connectivity index (χ3v) is 16.5. The molecule has 3 saturated heterocycles. The molecule has 11 atom stereocenters. The molecule has 4 heterocycles. The van der Waals surface area contributed by atoms with Gasteiger partial charge in [-0.15, -0.1) is 0 Å². The molecule has 2 bridgehead atoms. The molecule has 8 nitrogen and oxygen atoms in total. The summed E-state index contributed by atoms with van der Waals surface area (Å²) < 4.78 is 33.0. The number of rotatable bonds is 3. The van der Waals surface area contributed by atoms with Crippen LogP contribution in [0.5, 0.6) is 0 Å². The molecule has 4 aliphatic heterocycles. The second-order valence-electron chi connectivity index (χ2n) is 16.8. The summed E-state index contributed by atoms with van der Waals surface area (Å²) in [6.45, 7) is 21.5. The van der Waals surface area contributed by atoms with Crippen molar-refractivity contribution >= 4 is 20.1 Å². The quantitative estimate of drug-likeness (QED) is 0.191. The van der Waals surface area contributed by atoms with Gasteiger partial charge in [0, 0.05) is 31.6 Å². The Morgan fingerprint density at radius 2 is 1.81 bits per heavy atom. The van der Waals surface area contributed by atoms with Crippen molar-refractivity contribution in [2.75, 3.05) is 6.61 Å². The normalized spacial score (nSPS) is 43.9. The highest BCUT2D eigenvalue weighted by Crippen LogP contribution is 2.50. The molecule has 3 fully saturated rings. The highest BCUT2D eigenvalue weighted by atomic mass is 28.4. The van der Waals surface area contributed by atoms with Gasteiger partial charge in [-0.1, -0.05) is 72.8 Å². The fraction of sp³-hybridized carbons (Fsp3) is 0.789. The van der Waals surface area contributed by atoms with Crippen LogP contribution in [0.1, 0.15) is 100 Å². The summed E-state index contributed by atoms with van der Waals surface area (Å²) >= 11 is 0. The molecule has 1 aliphatic carbocycles. The maximum absolute atomic E-state index is 14.4. The van der Waals surface area contributed by atoms with Gasteiger partial charge in [0.15, 0.2) is 14.1 Å². The number of fused-ring (bicyclic) bond motifs is 2. The molecule has 1 spiro atoms. The first-order valence-electron chi connectivity index (χ1n) is 18.1. The molecule has 1 unspecified atom stereocenters. The van der Waals surface area contributed by atoms with E-state index in [1.54, 1.807) is 0 Å². The Labute approximate surface area is 283 Å². The fourth-order valence-electron chi connectivity index (χ4n) is 8.04. The fourth-order valence-corrected chi connectivity index (χ4v) is 9.34. The maximum Gasteiger partial charge on any atom is 0.316 e. The average Bonchev–Trinajstić information content (AvgIpc) is 3.31. The molecule has 0 radical (unpaired) electrons. The van der Waals surface area contributed by atoms with Gasteiger partial charge in [0.05, 0.1) is 24.9 Å². The lowest BCUT2D eigenvalue weighted by Gasteiger charge is -2.50. The molecule has 5 aliphatic rings. The van der Waals surface area contributed by atoms with Crippen molar-refractivity contribution in [2.45, 2.75) is 160 Å². The summed E-state index contributed by atoms with van der Waals surface area (Å²) in [5, 5.41) is 12.7. The van der Waals surface area contributed by atoms with E-state index in [0.717, 1.165) is 18.4 Å². The zero-order chi connectivity index (χ0) is 34.5. The number of Topliss-reactive ketones (excluding diaryl/α,β-unsaturated/α-hetero) is 1. The van der Waals surface area contributed by atoms with Crippen LogP contribution in [0.15, 0.2) is 35.5 Å². The Kier molecular flexibility index (Phi) is 10.6. The number of hydrogen-bond donors (Lipinski definition) is 1. The van der Waals surface area contributed by atoms with E-state index in [-0.39, 0.29) is 41.8 Å². The van der Waals surface area contributed by atoms with Crippen molar-refractivity contribution in [2.24, 2.45) is 23.7 Å². The summed E-state index contributed by atoms with van der Waals surface area (Å²) in [7, 11) is -2.27. The third-order valence-electron chi connectivity index (χ3n) is 12.0. The number of ketones is 1. The molecular formula is C38H60O8Si. The van der Waals surface area contributed by atoms with Crippen molar-refractivity contribution in [3.05, 3.63) is 35.5 Å². The Hall–Kier alpha value is -1.62. The van der Waals surface area contributed by atoms with Gasteiger partial charge in [-0.2, -0.15) is 0 Å². The van der Waals surface area contributed by atoms with E-state index in [1.165, 1.54) is 0 Å². The molecule has 0 aromatic heterocycles. The van der Waals surface area contributed by atoms with Crippen molar-refractivity contribution in [1.29, 1.82) is 0 Å². The molecular weight excluding hydrogens is 612 g/mol. The van der Waals surface area contributed by atoms with Crippen molar-refractivity contribution in [3.63, 3.8) is 0 Å². The lowest BCUT2D eigenvalue weighted by Crippen LogP contribution is -2.60. The number of allylic oxidation sites excluding steroid dienone is 3. The van der Waals surface area contributed by atoms with Crippen LogP contribution in [0.25, 0.3) is 0 Å². The zero-order valence-electron chi connectivity index (χ0n) is 30.5. The van der Waals surface area contributed by atoms with Crippen LogP contribution in [-0.2, 0) is 33.0 Å². The lowest BCUT2D eigenvalue weighted by molar-refractivity contribution is -0.335. The molecule has 264 valence electrons. The molecule has 9 heteroatoms. The minimum atomic E-state index is -2.27. The van der Waals surface area contributed by atoms with Gasteiger partial charge in [-0.05, 0) is 67.3 Å². The summed E-state index contributed by atoms with van der Waals surface area (Å²) in [5.74, 6) is -1.86. The van der Waals surface area contributed by atoms with Crippen molar-refractivity contribution < 1.29 is 38.1 Å². The number of hydrogen-bond acceptors (Lipinski definition) is 8. The molecule has 0 saturated carbocycles. The topological polar surface area (TPSA) is 101 Å². The summed E-state index contributed by atoms with van der Waals surface area (Å²) in [6.07, 6.45) is 9.80. The van der Waals surface area contributed by atoms with E-state index in [0.29, 0.717) is 37.2 Å². The van der Waals surface area contributed by atoms with Crippen molar-refractivity contribution in [1.82, 2.24) is 0 Å². The van der Waals surface area contributed by atoms with E-state index in [1.807, 2.05) is 32.1 Å². The minimum Gasteiger partial charge on any atom is -0.462 e. The predicted molar refractivity (Wildman–Crippen MR) is 184 cm³/mol. The van der Waals surface area contributed by atoms with Crippen LogP contribution in [0.4, 0.5) is 0 Å². The largest absolute Gasteiger partial charge is 0.462 e. The van der Waals surface area contributed by atoms with E-state index in [9.17, 15) is 14.7 Å². The first-order valence-corrected chi connectivity index (χ1v) is 21.0. The van der Waals surface area contributed by atoms with E-state index in [2.05, 4.69) is 60.7 Å². The number of carbonyl (C=O) groups is 2. The summed E-state index contributed by atoms with van der Waals surface area (Å²) in [6, 6.07) is 0. The van der Waals surface area contributed by atoms with Crippen LogP contribution in [0.2, 0.25) is 18.1 Å². The van der Waals surface area contributed by atoms with E-state index >= 15 is 0 Å². The van der Waals surface area contributed by atoms with Gasteiger partial charge < -0.3 is 28.5 Å². The van der Waals surface area contributed by atoms with Gasteiger partial charge >= 0.3 is 5.97 Å². The van der Waals surface area contributed by atoms with E-state index in [4.69, 9.17) is 23.4 Å². The summed E-state index contributed by atoms with van der Waals surface area (Å²) in [4.78, 5) is 27.9. The van der Waals surface area contributed by atoms with Gasteiger partial charge in [-0.25, -0.2) is 0 Å². The molecule has 1 N–H and O–H groups in total. The summed E-state index contributed by atoms with van der Waals surface area (Å²) in [5.41, 5.74) is -0.139. The third kappa shape index (κ3) is 7.31. The number of aliphatic hydroxyl groups is 1. The zero-order valence-corrected chi connectivity index (χ0v) is 31.5. The molecule has 47 heavy (non-hydrogen) atoms. The lowest BCUT2D eigenvalue weighted by atomic mass is 9.71. The minimum absolute atomic E-state index is 0.0329. The molecule has 0 aromatic carbocycles. The van der Waals surface area contributed by atoms with Crippen LogP contribution < -0.4 is 0 Å². The van der Waals surface area contributed by atoms with Crippen LogP contribution in [0.3, 0.4) is 0 Å². The Morgan fingerprint density at radius 1 is 1.09 bits per heavy atom. The maximum atomic E-state index is 14.4. The van der Waals surface area contributed by atoms with Gasteiger partial charge in [0.1, 0.15) is 29.5 Å². The Morgan fingerprint density at radius 3 is 2.49 bits per heavy atom. The van der Waals surface area contributed by atoms with Crippen LogP contribution in [0, 0.1) is 23.7 Å². The van der Waals surface area contributed by atoms with Crippen LogP contribution in [-0.4, -0.2) is 73.7 Å². The van der Waals surface area contributed by atoms with E-state index < -0.39 is 56.0 Å². The van der Waals surface area contributed by atoms with Gasteiger partial charge in [-0.3, -0.25) is 9.59 Å². The van der Waals surface area contributed by atoms with Crippen LogP contribution >= 0.6 is 0 Å². The number of esters is 1. The highest BCUT2D eigenvalue weighted by Gasteiger charge is 2.61. The van der Waals surface area contributed by atoms with Crippen molar-refractivity contribution in [3.8, 4) is 0 Å². The molecule has 0 aromatic rings. The standard InChI is InChI=1S/C38H60O8Si/c1-11-32-24(3)15-16-37(45-32)21-29-19-28(44-37)20-31(39)25(4)17-23(2)13-12-14-27-22-42-34-33(46-47(9,10)36(6,7)8)26(5)18-30(35(40)43-29)38(27,34)41/h12-14,18,23-25,28-30,32-34,41H,11,15-17,19-22H2,1-10H3/b13-12+,27-14+/t23-,24-,25?,28-,29-,30-,32+,33+,34+,37+,38+/m0/s1. The second kappa shape index (κ2) is 13.6. The van der Waals surface area contributed by atoms with Gasteiger partial charge in [0.25, 0.3) is 0 Å². The molecule has 0 amide bonds. The first-order chi connectivity index (χ1) is 21.9. The van der Waals surface area contributed by atoms with Gasteiger partial charge in [0.2, 0.25) is 0 Å². The smallest absolute Gasteiger partial charge is 0.316 e. The average molecular weight is 673 g/mol. The first kappa shape index (κ1) is 36.7. The highest BCUT2D eigenvalue weighted by molar-refractivity contribution is 6.74. The Bertz CT molecular complexity index is 1280.